The lowest BCUT2D eigenvalue weighted by Gasteiger charge is -2.11. The summed E-state index contributed by atoms with van der Waals surface area (Å²) in [5.41, 5.74) is 1.28. The molecule has 0 aliphatic heterocycles. The van der Waals surface area contributed by atoms with Crippen LogP contribution < -0.4 is 14.8 Å². The van der Waals surface area contributed by atoms with Gasteiger partial charge >= 0.3 is 11.9 Å². The van der Waals surface area contributed by atoms with Gasteiger partial charge in [0.05, 0.1) is 31.5 Å². The molecular formula is C21H25NO7S. The van der Waals surface area contributed by atoms with E-state index in [4.69, 9.17) is 18.9 Å². The van der Waals surface area contributed by atoms with E-state index in [1.54, 1.807) is 19.9 Å². The van der Waals surface area contributed by atoms with Crippen LogP contribution in [0, 0.1) is 13.8 Å². The zero-order valence-electron chi connectivity index (χ0n) is 17.6. The maximum atomic E-state index is 12.3. The van der Waals surface area contributed by atoms with Crippen molar-refractivity contribution in [1.29, 1.82) is 0 Å². The number of thiophene rings is 1. The van der Waals surface area contributed by atoms with Gasteiger partial charge in [-0.05, 0) is 51.5 Å². The van der Waals surface area contributed by atoms with Crippen molar-refractivity contribution in [2.45, 2.75) is 27.7 Å². The fourth-order valence-corrected chi connectivity index (χ4v) is 3.68. The Hall–Kier alpha value is -3.07. The summed E-state index contributed by atoms with van der Waals surface area (Å²) in [6, 6.07) is 4.61. The first-order valence-electron chi connectivity index (χ1n) is 9.37. The zero-order valence-corrected chi connectivity index (χ0v) is 18.4. The van der Waals surface area contributed by atoms with Crippen LogP contribution in [0.15, 0.2) is 18.2 Å². The lowest BCUT2D eigenvalue weighted by Crippen LogP contribution is -2.21. The number of hydrogen-bond donors (Lipinski definition) is 1. The lowest BCUT2D eigenvalue weighted by molar-refractivity contribution is -0.119. The van der Waals surface area contributed by atoms with Gasteiger partial charge in [0.15, 0.2) is 18.1 Å². The molecule has 0 atom stereocenters. The third-order valence-electron chi connectivity index (χ3n) is 4.15. The smallest absolute Gasteiger partial charge is 0.341 e. The summed E-state index contributed by atoms with van der Waals surface area (Å²) in [7, 11) is 1.46. The Kier molecular flexibility index (Phi) is 8.23. The van der Waals surface area contributed by atoms with E-state index in [2.05, 4.69) is 5.32 Å². The van der Waals surface area contributed by atoms with Gasteiger partial charge < -0.3 is 24.3 Å². The number of rotatable bonds is 9. The molecule has 9 heteroatoms. The maximum Gasteiger partial charge on any atom is 0.341 e. The van der Waals surface area contributed by atoms with Crippen molar-refractivity contribution in [2.24, 2.45) is 0 Å². The molecule has 8 nitrogen and oxygen atoms in total. The Bertz CT molecular complexity index is 936. The second kappa shape index (κ2) is 10.6. The predicted molar refractivity (Wildman–Crippen MR) is 113 cm³/mol. The molecule has 1 amide bonds. The summed E-state index contributed by atoms with van der Waals surface area (Å²) in [6.45, 7) is 7.35. The van der Waals surface area contributed by atoms with Gasteiger partial charge in [-0.1, -0.05) is 0 Å². The summed E-state index contributed by atoms with van der Waals surface area (Å²) in [5, 5.41) is 2.99. The fraction of sp³-hybridized carbons (Fsp3) is 0.381. The molecule has 0 radical (unpaired) electrons. The molecule has 0 saturated heterocycles. The number of amides is 1. The largest absolute Gasteiger partial charge is 0.493 e. The molecule has 0 aliphatic carbocycles. The monoisotopic (exact) mass is 435 g/mol. The number of hydrogen-bond acceptors (Lipinski definition) is 8. The Morgan fingerprint density at radius 1 is 1.00 bits per heavy atom. The minimum Gasteiger partial charge on any atom is -0.493 e. The Balaban J connectivity index is 2.04. The van der Waals surface area contributed by atoms with E-state index in [0.29, 0.717) is 28.7 Å². The third kappa shape index (κ3) is 5.50. The van der Waals surface area contributed by atoms with E-state index in [-0.39, 0.29) is 12.2 Å². The van der Waals surface area contributed by atoms with Crippen LogP contribution in [-0.2, 0) is 14.3 Å². The summed E-state index contributed by atoms with van der Waals surface area (Å²) >= 11 is 1.26. The molecule has 30 heavy (non-hydrogen) atoms. The maximum absolute atomic E-state index is 12.3. The van der Waals surface area contributed by atoms with Gasteiger partial charge in [-0.2, -0.15) is 0 Å². The highest BCUT2D eigenvalue weighted by Crippen LogP contribution is 2.33. The summed E-state index contributed by atoms with van der Waals surface area (Å²) in [4.78, 5) is 37.6. The van der Waals surface area contributed by atoms with E-state index in [9.17, 15) is 14.4 Å². The van der Waals surface area contributed by atoms with Crippen molar-refractivity contribution in [3.63, 3.8) is 0 Å². The van der Waals surface area contributed by atoms with Crippen molar-refractivity contribution in [1.82, 2.24) is 0 Å². The second-order valence-corrected chi connectivity index (χ2v) is 7.36. The second-order valence-electron chi connectivity index (χ2n) is 6.13. The van der Waals surface area contributed by atoms with Crippen LogP contribution >= 0.6 is 11.3 Å². The average Bonchev–Trinajstić information content (AvgIpc) is 3.00. The number of esters is 2. The van der Waals surface area contributed by atoms with E-state index in [1.807, 2.05) is 13.8 Å². The SMILES string of the molecule is CCOC(=O)c1c(NC(=O)COC(=O)c2ccc(OCC)c(OC)c2)sc(C)c1C. The average molecular weight is 435 g/mol. The van der Waals surface area contributed by atoms with Crippen molar-refractivity contribution >= 4 is 34.2 Å². The molecule has 0 bridgehead atoms. The summed E-state index contributed by atoms with van der Waals surface area (Å²) in [5.74, 6) is -0.861. The summed E-state index contributed by atoms with van der Waals surface area (Å²) in [6.07, 6.45) is 0. The highest BCUT2D eigenvalue weighted by molar-refractivity contribution is 7.16. The lowest BCUT2D eigenvalue weighted by atomic mass is 10.1. The highest BCUT2D eigenvalue weighted by Gasteiger charge is 2.22. The fourth-order valence-electron chi connectivity index (χ4n) is 2.61. The van der Waals surface area contributed by atoms with Crippen LogP contribution in [0.4, 0.5) is 5.00 Å². The van der Waals surface area contributed by atoms with Crippen LogP contribution in [-0.4, -0.2) is 44.8 Å². The molecule has 2 rings (SSSR count). The number of benzene rings is 1. The van der Waals surface area contributed by atoms with Gasteiger partial charge in [0, 0.05) is 4.88 Å². The molecule has 0 aliphatic rings. The Morgan fingerprint density at radius 2 is 1.73 bits per heavy atom. The normalized spacial score (nSPS) is 10.3. The molecular weight excluding hydrogens is 410 g/mol. The van der Waals surface area contributed by atoms with E-state index in [0.717, 1.165) is 10.4 Å². The minimum absolute atomic E-state index is 0.220. The molecule has 1 aromatic carbocycles. The van der Waals surface area contributed by atoms with E-state index >= 15 is 0 Å². The topological polar surface area (TPSA) is 100 Å². The number of methoxy groups -OCH3 is 1. The van der Waals surface area contributed by atoms with Crippen LogP contribution in [0.1, 0.15) is 45.0 Å². The van der Waals surface area contributed by atoms with Crippen molar-refractivity contribution < 1.29 is 33.3 Å². The number of aryl methyl sites for hydroxylation is 1. The third-order valence-corrected chi connectivity index (χ3v) is 5.27. The van der Waals surface area contributed by atoms with E-state index < -0.39 is 24.5 Å². The van der Waals surface area contributed by atoms with Crippen LogP contribution in [0.25, 0.3) is 0 Å². The predicted octanol–water partition coefficient (Wildman–Crippen LogP) is 3.74. The molecule has 1 heterocycles. The number of ether oxygens (including phenoxy) is 4. The van der Waals surface area contributed by atoms with Crippen molar-refractivity contribution in [3.8, 4) is 11.5 Å². The summed E-state index contributed by atoms with van der Waals surface area (Å²) < 4.78 is 20.8. The standard InChI is InChI=1S/C21H25NO7S/c1-6-27-15-9-8-14(10-16(15)26-5)20(24)29-11-17(23)22-19-18(21(25)28-7-2)12(3)13(4)30-19/h8-10H,6-7,11H2,1-5H3,(H,22,23). The molecule has 162 valence electrons. The van der Waals surface area contributed by atoms with E-state index in [1.165, 1.54) is 30.6 Å². The number of carbonyl (C=O) groups excluding carboxylic acids is 3. The quantitative estimate of drug-likeness (QED) is 0.599. The van der Waals surface area contributed by atoms with Crippen molar-refractivity contribution in [2.75, 3.05) is 32.2 Å². The van der Waals surface area contributed by atoms with Gasteiger partial charge in [-0.15, -0.1) is 11.3 Å². The van der Waals surface area contributed by atoms with Gasteiger partial charge in [-0.3, -0.25) is 4.79 Å². The molecule has 2 aromatic rings. The Morgan fingerprint density at radius 3 is 2.37 bits per heavy atom. The molecule has 0 spiro atoms. The Labute approximate surface area is 179 Å². The molecule has 1 aromatic heterocycles. The van der Waals surface area contributed by atoms with Gasteiger partial charge in [0.1, 0.15) is 5.00 Å². The molecule has 0 fully saturated rings. The van der Waals surface area contributed by atoms with Crippen LogP contribution in [0.5, 0.6) is 11.5 Å². The first-order valence-corrected chi connectivity index (χ1v) is 10.2. The number of anilines is 1. The number of nitrogens with one attached hydrogen (secondary N) is 1. The number of carbonyl (C=O) groups is 3. The van der Waals surface area contributed by atoms with Gasteiger partial charge in [0.2, 0.25) is 0 Å². The van der Waals surface area contributed by atoms with Crippen molar-refractivity contribution in [3.05, 3.63) is 39.8 Å². The first kappa shape index (κ1) is 23.2. The van der Waals surface area contributed by atoms with Crippen LogP contribution in [0.3, 0.4) is 0 Å². The molecule has 1 N–H and O–H groups in total. The molecule has 0 saturated carbocycles. The minimum atomic E-state index is -0.685. The van der Waals surface area contributed by atoms with Gasteiger partial charge in [0.25, 0.3) is 5.91 Å². The molecule has 0 unspecified atom stereocenters. The highest BCUT2D eigenvalue weighted by atomic mass is 32.1. The first-order chi connectivity index (χ1) is 14.3. The van der Waals surface area contributed by atoms with Crippen LogP contribution in [0.2, 0.25) is 0 Å². The zero-order chi connectivity index (χ0) is 22.3. The van der Waals surface area contributed by atoms with Gasteiger partial charge in [-0.25, -0.2) is 9.59 Å².